The van der Waals surface area contributed by atoms with Crippen molar-refractivity contribution >= 4 is 5.82 Å². The van der Waals surface area contributed by atoms with E-state index in [9.17, 15) is 0 Å². The number of rotatable bonds is 4. The lowest BCUT2D eigenvalue weighted by atomic mass is 9.76. The van der Waals surface area contributed by atoms with E-state index in [0.717, 1.165) is 17.0 Å². The normalized spacial score (nSPS) is 25.2. The molecule has 1 aliphatic carbocycles. The second kappa shape index (κ2) is 6.38. The topological polar surface area (TPSA) is 64.9 Å². The molecule has 0 aliphatic heterocycles. The molecule has 1 aromatic heterocycles. The SMILES string of the molecule is CCCC1CCC(C(N)c2cc(C)cnc2N)CC1. The van der Waals surface area contributed by atoms with E-state index in [-0.39, 0.29) is 6.04 Å². The lowest BCUT2D eigenvalue weighted by molar-refractivity contribution is 0.234. The van der Waals surface area contributed by atoms with Crippen LogP contribution in [0.3, 0.4) is 0 Å². The summed E-state index contributed by atoms with van der Waals surface area (Å²) >= 11 is 0. The van der Waals surface area contributed by atoms with Gasteiger partial charge in [-0.3, -0.25) is 0 Å². The average Bonchev–Trinajstić information content (AvgIpc) is 2.42. The zero-order valence-electron chi connectivity index (χ0n) is 12.2. The van der Waals surface area contributed by atoms with Crippen LogP contribution in [-0.4, -0.2) is 4.98 Å². The predicted molar refractivity (Wildman–Crippen MR) is 80.7 cm³/mol. The van der Waals surface area contributed by atoms with Gasteiger partial charge >= 0.3 is 0 Å². The summed E-state index contributed by atoms with van der Waals surface area (Å²) in [6.45, 7) is 4.32. The molecule has 1 atom stereocenters. The van der Waals surface area contributed by atoms with Crippen molar-refractivity contribution in [2.24, 2.45) is 17.6 Å². The number of pyridine rings is 1. The molecule has 106 valence electrons. The summed E-state index contributed by atoms with van der Waals surface area (Å²) in [6, 6.07) is 2.15. The summed E-state index contributed by atoms with van der Waals surface area (Å²) in [5.74, 6) is 2.09. The standard InChI is InChI=1S/C16H27N3/c1-3-4-12-5-7-13(8-6-12)15(17)14-9-11(2)10-19-16(14)18/h9-10,12-13,15H,3-8,17H2,1-2H3,(H2,18,19). The number of hydrogen-bond donors (Lipinski definition) is 2. The first kappa shape index (κ1) is 14.3. The highest BCUT2D eigenvalue weighted by Gasteiger charge is 2.27. The quantitative estimate of drug-likeness (QED) is 0.870. The third-order valence-electron chi connectivity index (χ3n) is 4.54. The molecular formula is C16H27N3. The molecule has 1 fully saturated rings. The molecule has 0 aromatic carbocycles. The molecule has 1 saturated carbocycles. The van der Waals surface area contributed by atoms with Crippen molar-refractivity contribution in [2.45, 2.75) is 58.4 Å². The number of hydrogen-bond acceptors (Lipinski definition) is 3. The number of aromatic nitrogens is 1. The fraction of sp³-hybridized carbons (Fsp3) is 0.688. The minimum atomic E-state index is 0.0509. The van der Waals surface area contributed by atoms with Gasteiger partial charge in [0.2, 0.25) is 0 Å². The van der Waals surface area contributed by atoms with Crippen LogP contribution in [0.15, 0.2) is 12.3 Å². The molecule has 1 aromatic rings. The number of nitrogen functional groups attached to an aromatic ring is 1. The molecule has 0 bridgehead atoms. The van der Waals surface area contributed by atoms with Crippen LogP contribution in [-0.2, 0) is 0 Å². The van der Waals surface area contributed by atoms with E-state index in [4.69, 9.17) is 11.5 Å². The monoisotopic (exact) mass is 261 g/mol. The summed E-state index contributed by atoms with van der Waals surface area (Å²) in [6.07, 6.45) is 9.60. The van der Waals surface area contributed by atoms with Crippen molar-refractivity contribution in [1.82, 2.24) is 4.98 Å². The minimum absolute atomic E-state index is 0.0509. The van der Waals surface area contributed by atoms with Gasteiger partial charge < -0.3 is 11.5 Å². The smallest absolute Gasteiger partial charge is 0.128 e. The van der Waals surface area contributed by atoms with Crippen LogP contribution in [0.1, 0.15) is 62.6 Å². The molecule has 0 amide bonds. The highest BCUT2D eigenvalue weighted by Crippen LogP contribution is 2.38. The first-order chi connectivity index (χ1) is 9.11. The molecule has 1 unspecified atom stereocenters. The summed E-state index contributed by atoms with van der Waals surface area (Å²) in [4.78, 5) is 4.24. The second-order valence-corrected chi connectivity index (χ2v) is 6.08. The van der Waals surface area contributed by atoms with Crippen LogP contribution in [0.4, 0.5) is 5.82 Å². The van der Waals surface area contributed by atoms with Gasteiger partial charge in [-0.05, 0) is 43.2 Å². The third-order valence-corrected chi connectivity index (χ3v) is 4.54. The van der Waals surface area contributed by atoms with Gasteiger partial charge in [0.25, 0.3) is 0 Å². The van der Waals surface area contributed by atoms with Gasteiger partial charge in [0.1, 0.15) is 5.82 Å². The third kappa shape index (κ3) is 3.47. The van der Waals surface area contributed by atoms with E-state index in [1.54, 1.807) is 0 Å². The van der Waals surface area contributed by atoms with Crippen LogP contribution in [0, 0.1) is 18.8 Å². The van der Waals surface area contributed by atoms with Gasteiger partial charge in [0.05, 0.1) is 0 Å². The molecular weight excluding hydrogens is 234 g/mol. The van der Waals surface area contributed by atoms with Gasteiger partial charge in [-0.15, -0.1) is 0 Å². The van der Waals surface area contributed by atoms with Crippen LogP contribution >= 0.6 is 0 Å². The van der Waals surface area contributed by atoms with E-state index in [0.29, 0.717) is 11.7 Å². The Morgan fingerprint density at radius 3 is 2.63 bits per heavy atom. The van der Waals surface area contributed by atoms with Crippen molar-refractivity contribution in [3.05, 3.63) is 23.4 Å². The van der Waals surface area contributed by atoms with Crippen molar-refractivity contribution in [3.63, 3.8) is 0 Å². The fourth-order valence-electron chi connectivity index (χ4n) is 3.37. The molecule has 3 nitrogen and oxygen atoms in total. The van der Waals surface area contributed by atoms with Gasteiger partial charge in [0, 0.05) is 17.8 Å². The number of nitrogens with two attached hydrogens (primary N) is 2. The van der Waals surface area contributed by atoms with E-state index in [1.165, 1.54) is 38.5 Å². The Morgan fingerprint density at radius 2 is 2.00 bits per heavy atom. The molecule has 0 saturated heterocycles. The molecule has 1 heterocycles. The molecule has 19 heavy (non-hydrogen) atoms. The average molecular weight is 261 g/mol. The maximum Gasteiger partial charge on any atom is 0.128 e. The Bertz CT molecular complexity index is 408. The summed E-state index contributed by atoms with van der Waals surface area (Å²) < 4.78 is 0. The lowest BCUT2D eigenvalue weighted by Crippen LogP contribution is -2.27. The highest BCUT2D eigenvalue weighted by molar-refractivity contribution is 5.43. The highest BCUT2D eigenvalue weighted by atomic mass is 14.8. The number of anilines is 1. The van der Waals surface area contributed by atoms with Crippen LogP contribution in [0.2, 0.25) is 0 Å². The fourth-order valence-corrected chi connectivity index (χ4v) is 3.37. The van der Waals surface area contributed by atoms with Crippen LogP contribution in [0.5, 0.6) is 0 Å². The van der Waals surface area contributed by atoms with Gasteiger partial charge in [-0.2, -0.15) is 0 Å². The molecule has 4 N–H and O–H groups in total. The van der Waals surface area contributed by atoms with E-state index >= 15 is 0 Å². The second-order valence-electron chi connectivity index (χ2n) is 6.08. The Labute approximate surface area is 116 Å². The first-order valence-electron chi connectivity index (χ1n) is 7.59. The van der Waals surface area contributed by atoms with Gasteiger partial charge in [0.15, 0.2) is 0 Å². The van der Waals surface area contributed by atoms with Crippen molar-refractivity contribution < 1.29 is 0 Å². The maximum absolute atomic E-state index is 6.44. The van der Waals surface area contributed by atoms with E-state index < -0.39 is 0 Å². The number of nitrogens with zero attached hydrogens (tertiary/aromatic N) is 1. The molecule has 0 radical (unpaired) electrons. The summed E-state index contributed by atoms with van der Waals surface area (Å²) in [5, 5.41) is 0. The Morgan fingerprint density at radius 1 is 1.32 bits per heavy atom. The summed E-state index contributed by atoms with van der Waals surface area (Å²) in [5.41, 5.74) is 14.6. The minimum Gasteiger partial charge on any atom is -0.383 e. The molecule has 2 rings (SSSR count). The van der Waals surface area contributed by atoms with Crippen LogP contribution < -0.4 is 11.5 Å². The molecule has 1 aliphatic rings. The zero-order valence-corrected chi connectivity index (χ0v) is 12.2. The van der Waals surface area contributed by atoms with Crippen LogP contribution in [0.25, 0.3) is 0 Å². The number of aryl methyl sites for hydroxylation is 1. The zero-order chi connectivity index (χ0) is 13.8. The molecule has 3 heteroatoms. The van der Waals surface area contributed by atoms with Crippen molar-refractivity contribution in [3.8, 4) is 0 Å². The van der Waals surface area contributed by atoms with Gasteiger partial charge in [-0.1, -0.05) is 32.6 Å². The molecule has 0 spiro atoms. The Balaban J connectivity index is 2.01. The first-order valence-corrected chi connectivity index (χ1v) is 7.59. The Kier molecular flexibility index (Phi) is 4.81. The Hall–Kier alpha value is -1.09. The van der Waals surface area contributed by atoms with E-state index in [1.807, 2.05) is 13.1 Å². The van der Waals surface area contributed by atoms with Crippen molar-refractivity contribution in [2.75, 3.05) is 5.73 Å². The predicted octanol–water partition coefficient (Wildman–Crippen LogP) is 3.58. The largest absolute Gasteiger partial charge is 0.383 e. The maximum atomic E-state index is 6.44. The van der Waals surface area contributed by atoms with E-state index in [2.05, 4.69) is 18.0 Å². The lowest BCUT2D eigenvalue weighted by Gasteiger charge is -2.32. The van der Waals surface area contributed by atoms with Crippen molar-refractivity contribution in [1.29, 1.82) is 0 Å². The summed E-state index contributed by atoms with van der Waals surface area (Å²) in [7, 11) is 0. The van der Waals surface area contributed by atoms with Gasteiger partial charge in [-0.25, -0.2) is 4.98 Å².